The van der Waals surface area contributed by atoms with Crippen LogP contribution in [0, 0.1) is 0 Å². The van der Waals surface area contributed by atoms with Crippen molar-refractivity contribution in [1.29, 1.82) is 0 Å². The smallest absolute Gasteiger partial charge is 0.340 e. The number of fused-ring (bicyclic) bond motifs is 1. The van der Waals surface area contributed by atoms with Crippen LogP contribution in [0.25, 0.3) is 0 Å². The highest BCUT2D eigenvalue weighted by molar-refractivity contribution is 6.74. The zero-order valence-corrected chi connectivity index (χ0v) is 12.7. The Hall–Kier alpha value is -1.07. The van der Waals surface area contributed by atoms with Crippen molar-refractivity contribution in [1.82, 2.24) is 4.98 Å². The average molecular weight is 267 g/mol. The average Bonchev–Trinajstić information content (AvgIpc) is 2.79. The molecule has 0 aliphatic carbocycles. The maximum Gasteiger partial charge on any atom is 0.340 e. The van der Waals surface area contributed by atoms with Gasteiger partial charge in [0.2, 0.25) is 0 Å². The van der Waals surface area contributed by atoms with Gasteiger partial charge < -0.3 is 14.1 Å². The van der Waals surface area contributed by atoms with Crippen molar-refractivity contribution in [2.45, 2.75) is 45.0 Å². The van der Waals surface area contributed by atoms with E-state index in [0.717, 1.165) is 5.56 Å². The number of carbonyl (C=O) groups excluding carboxylic acids is 1. The highest BCUT2D eigenvalue weighted by Gasteiger charge is 2.39. The fraction of sp³-hybridized carbons (Fsp3) is 0.615. The molecule has 0 saturated heterocycles. The van der Waals surface area contributed by atoms with Crippen molar-refractivity contribution in [2.75, 3.05) is 6.61 Å². The van der Waals surface area contributed by atoms with Crippen LogP contribution in [0.4, 0.5) is 0 Å². The molecule has 0 bridgehead atoms. The Morgan fingerprint density at radius 3 is 2.67 bits per heavy atom. The predicted octanol–water partition coefficient (Wildman–Crippen LogP) is 3.25. The largest absolute Gasteiger partial charge is 0.451 e. The number of ether oxygens (including phenoxy) is 1. The number of aromatic nitrogens is 1. The summed E-state index contributed by atoms with van der Waals surface area (Å²) in [5, 5.41) is 0.163. The van der Waals surface area contributed by atoms with E-state index in [1.165, 1.54) is 0 Å². The molecule has 0 aromatic carbocycles. The van der Waals surface area contributed by atoms with Gasteiger partial charge in [-0.3, -0.25) is 0 Å². The maximum absolute atomic E-state index is 11.6. The van der Waals surface area contributed by atoms with Crippen LogP contribution >= 0.6 is 0 Å². The van der Waals surface area contributed by atoms with Crippen LogP contribution in [-0.4, -0.2) is 25.9 Å². The number of rotatable bonds is 3. The topological polar surface area (TPSA) is 51.3 Å². The van der Waals surface area contributed by atoms with Gasteiger partial charge in [-0.15, -0.1) is 0 Å². The Morgan fingerprint density at radius 1 is 1.39 bits per heavy atom. The standard InChI is InChI=1S/C13H21NO3Si/c1-13(2,3)18(4,5)16-8-11-9-6-14-7-10(9)12(15)17-11/h6-7,11,14H,8H2,1-5H3/t11-/m1/s1. The number of H-pyrrole nitrogens is 1. The first-order valence-corrected chi connectivity index (χ1v) is 9.15. The lowest BCUT2D eigenvalue weighted by Gasteiger charge is -2.36. The number of nitrogens with one attached hydrogen (secondary N) is 1. The summed E-state index contributed by atoms with van der Waals surface area (Å²) in [4.78, 5) is 14.5. The summed E-state index contributed by atoms with van der Waals surface area (Å²) >= 11 is 0. The minimum absolute atomic E-state index is 0.163. The SMILES string of the molecule is CC(C)(C)[Si](C)(C)OC[C@H]1OC(=O)c2c[nH]cc21. The number of hydrogen-bond donors (Lipinski definition) is 1. The molecule has 0 spiro atoms. The molecule has 18 heavy (non-hydrogen) atoms. The second-order valence-electron chi connectivity index (χ2n) is 6.29. The molecule has 1 aromatic heterocycles. The first-order chi connectivity index (χ1) is 8.22. The van der Waals surface area contributed by atoms with Gasteiger partial charge in [-0.05, 0) is 18.1 Å². The third kappa shape index (κ3) is 2.24. The van der Waals surface area contributed by atoms with Gasteiger partial charge >= 0.3 is 5.97 Å². The van der Waals surface area contributed by atoms with E-state index in [2.05, 4.69) is 38.8 Å². The van der Waals surface area contributed by atoms with E-state index < -0.39 is 8.32 Å². The molecule has 1 N–H and O–H groups in total. The van der Waals surface area contributed by atoms with Crippen molar-refractivity contribution >= 4 is 14.3 Å². The molecule has 1 atom stereocenters. The molecule has 0 fully saturated rings. The highest BCUT2D eigenvalue weighted by Crippen LogP contribution is 2.38. The molecule has 1 aromatic rings. The first kappa shape index (κ1) is 13.4. The van der Waals surface area contributed by atoms with Crippen LogP contribution in [0.1, 0.15) is 42.8 Å². The van der Waals surface area contributed by atoms with Gasteiger partial charge in [-0.25, -0.2) is 4.79 Å². The number of esters is 1. The molecular weight excluding hydrogens is 246 g/mol. The number of carbonyl (C=O) groups is 1. The summed E-state index contributed by atoms with van der Waals surface area (Å²) in [6, 6.07) is 0. The van der Waals surface area contributed by atoms with Crippen LogP contribution in [-0.2, 0) is 9.16 Å². The summed E-state index contributed by atoms with van der Waals surface area (Å²) < 4.78 is 11.4. The van der Waals surface area contributed by atoms with Gasteiger partial charge in [0.25, 0.3) is 0 Å². The van der Waals surface area contributed by atoms with Crippen LogP contribution < -0.4 is 0 Å². The molecule has 1 aliphatic heterocycles. The lowest BCUT2D eigenvalue weighted by atomic mass is 10.1. The van der Waals surface area contributed by atoms with Crippen molar-refractivity contribution in [3.63, 3.8) is 0 Å². The summed E-state index contributed by atoms with van der Waals surface area (Å²) in [5.74, 6) is -0.255. The third-order valence-electron chi connectivity index (χ3n) is 4.00. The predicted molar refractivity (Wildman–Crippen MR) is 72.1 cm³/mol. The van der Waals surface area contributed by atoms with Crippen molar-refractivity contribution in [3.8, 4) is 0 Å². The van der Waals surface area contributed by atoms with Gasteiger partial charge in [0, 0.05) is 18.0 Å². The van der Waals surface area contributed by atoms with Crippen LogP contribution in [0.5, 0.6) is 0 Å². The Labute approximate surface area is 109 Å². The quantitative estimate of drug-likeness (QED) is 0.675. The molecule has 5 heteroatoms. The Balaban J connectivity index is 2.04. The number of hydrogen-bond acceptors (Lipinski definition) is 3. The maximum atomic E-state index is 11.6. The molecule has 100 valence electrons. The Morgan fingerprint density at radius 2 is 2.06 bits per heavy atom. The minimum Gasteiger partial charge on any atom is -0.451 e. The second kappa shape index (κ2) is 4.24. The molecule has 2 heterocycles. The van der Waals surface area contributed by atoms with E-state index in [0.29, 0.717) is 12.2 Å². The molecule has 0 unspecified atom stereocenters. The summed E-state index contributed by atoms with van der Waals surface area (Å²) in [7, 11) is -1.80. The molecular formula is C13H21NO3Si. The third-order valence-corrected chi connectivity index (χ3v) is 8.50. The van der Waals surface area contributed by atoms with Crippen LogP contribution in [0.15, 0.2) is 12.4 Å². The zero-order chi connectivity index (χ0) is 13.6. The normalized spacial score (nSPS) is 19.8. The number of aromatic amines is 1. The molecule has 2 rings (SSSR count). The van der Waals surface area contributed by atoms with E-state index in [1.54, 1.807) is 6.20 Å². The van der Waals surface area contributed by atoms with Crippen LogP contribution in [0.2, 0.25) is 18.1 Å². The van der Waals surface area contributed by atoms with Crippen molar-refractivity contribution in [3.05, 3.63) is 23.5 Å². The lowest BCUT2D eigenvalue weighted by Crippen LogP contribution is -2.41. The van der Waals surface area contributed by atoms with Gasteiger partial charge in [0.1, 0.15) is 0 Å². The van der Waals surface area contributed by atoms with Gasteiger partial charge in [0.15, 0.2) is 14.4 Å². The lowest BCUT2D eigenvalue weighted by molar-refractivity contribution is 0.0249. The molecule has 0 radical (unpaired) electrons. The van der Waals surface area contributed by atoms with Crippen molar-refractivity contribution < 1.29 is 14.0 Å². The van der Waals surface area contributed by atoms with Gasteiger partial charge in [0.05, 0.1) is 12.2 Å². The van der Waals surface area contributed by atoms with E-state index in [1.807, 2.05) is 6.20 Å². The summed E-state index contributed by atoms with van der Waals surface area (Å²) in [6.07, 6.45) is 3.25. The Bertz CT molecular complexity index is 459. The van der Waals surface area contributed by atoms with Crippen LogP contribution in [0.3, 0.4) is 0 Å². The highest BCUT2D eigenvalue weighted by atomic mass is 28.4. The molecule has 0 amide bonds. The van der Waals surface area contributed by atoms with Crippen molar-refractivity contribution in [2.24, 2.45) is 0 Å². The van der Waals surface area contributed by atoms with E-state index >= 15 is 0 Å². The summed E-state index contributed by atoms with van der Waals surface area (Å²) in [6.45, 7) is 11.4. The second-order valence-corrected chi connectivity index (χ2v) is 11.1. The fourth-order valence-electron chi connectivity index (χ4n) is 1.70. The zero-order valence-electron chi connectivity index (χ0n) is 11.7. The molecule has 1 aliphatic rings. The minimum atomic E-state index is -1.80. The van der Waals surface area contributed by atoms with Gasteiger partial charge in [-0.2, -0.15) is 0 Å². The fourth-order valence-corrected chi connectivity index (χ4v) is 2.70. The molecule has 4 nitrogen and oxygen atoms in total. The first-order valence-electron chi connectivity index (χ1n) is 6.24. The monoisotopic (exact) mass is 267 g/mol. The number of cyclic esters (lactones) is 1. The van der Waals surface area contributed by atoms with E-state index in [4.69, 9.17) is 9.16 Å². The van der Waals surface area contributed by atoms with E-state index in [-0.39, 0.29) is 17.1 Å². The Kier molecular flexibility index (Phi) is 3.15. The van der Waals surface area contributed by atoms with E-state index in [9.17, 15) is 4.79 Å². The summed E-state index contributed by atoms with van der Waals surface area (Å²) in [5.41, 5.74) is 1.55. The van der Waals surface area contributed by atoms with Gasteiger partial charge in [-0.1, -0.05) is 20.8 Å². The molecule has 0 saturated carbocycles.